The molecule has 0 saturated heterocycles. The molecule has 0 aliphatic carbocycles. The van der Waals surface area contributed by atoms with Gasteiger partial charge in [-0.3, -0.25) is 9.59 Å². The third-order valence-corrected chi connectivity index (χ3v) is 4.53. The summed E-state index contributed by atoms with van der Waals surface area (Å²) in [4.78, 5) is 24.1. The van der Waals surface area contributed by atoms with E-state index in [9.17, 15) is 9.59 Å². The highest BCUT2D eigenvalue weighted by Crippen LogP contribution is 2.32. The van der Waals surface area contributed by atoms with Crippen LogP contribution in [0.2, 0.25) is 0 Å². The standard InChI is InChI=1S/C19H18N2O3/c22-18-8-6-12-11-13(5-7-15(12)20-18)19(23)21-16-9-10-24-17-4-2-1-3-14(16)17/h1-5,7,11,16H,6,8-10H2,(H,20,22)(H,21,23)/t16-/m1/s1. The number of ether oxygens (including phenoxy) is 1. The Balaban J connectivity index is 1.54. The number of aryl methyl sites for hydroxylation is 1. The minimum absolute atomic E-state index is 0.0264. The molecule has 122 valence electrons. The minimum Gasteiger partial charge on any atom is -0.493 e. The number of para-hydroxylation sites is 1. The summed E-state index contributed by atoms with van der Waals surface area (Å²) in [5.74, 6) is 0.761. The van der Waals surface area contributed by atoms with Crippen LogP contribution in [0.1, 0.15) is 40.4 Å². The van der Waals surface area contributed by atoms with E-state index in [0.29, 0.717) is 25.0 Å². The van der Waals surface area contributed by atoms with E-state index >= 15 is 0 Å². The highest BCUT2D eigenvalue weighted by atomic mass is 16.5. The molecule has 24 heavy (non-hydrogen) atoms. The first kappa shape index (κ1) is 14.8. The molecule has 5 heteroatoms. The number of hydrogen-bond acceptors (Lipinski definition) is 3. The molecule has 4 rings (SSSR count). The predicted molar refractivity (Wildman–Crippen MR) is 90.2 cm³/mol. The van der Waals surface area contributed by atoms with Gasteiger partial charge in [0.25, 0.3) is 5.91 Å². The van der Waals surface area contributed by atoms with Gasteiger partial charge < -0.3 is 15.4 Å². The Bertz CT molecular complexity index is 816. The van der Waals surface area contributed by atoms with E-state index < -0.39 is 0 Å². The summed E-state index contributed by atoms with van der Waals surface area (Å²) >= 11 is 0. The molecule has 5 nitrogen and oxygen atoms in total. The second-order valence-corrected chi connectivity index (χ2v) is 6.12. The second kappa shape index (κ2) is 6.00. The van der Waals surface area contributed by atoms with Gasteiger partial charge in [0.15, 0.2) is 0 Å². The SMILES string of the molecule is O=C1CCc2cc(C(=O)N[C@@H]3CCOc4ccccc43)ccc2N1. The summed E-state index contributed by atoms with van der Waals surface area (Å²) in [6, 6.07) is 13.2. The highest BCUT2D eigenvalue weighted by Gasteiger charge is 2.24. The smallest absolute Gasteiger partial charge is 0.251 e. The summed E-state index contributed by atoms with van der Waals surface area (Å²) in [6.45, 7) is 0.595. The Labute approximate surface area is 140 Å². The number of fused-ring (bicyclic) bond motifs is 2. The molecular weight excluding hydrogens is 304 g/mol. The Morgan fingerprint density at radius 3 is 2.96 bits per heavy atom. The number of amides is 2. The Morgan fingerprint density at radius 1 is 1.17 bits per heavy atom. The van der Waals surface area contributed by atoms with Crippen LogP contribution in [0.4, 0.5) is 5.69 Å². The number of rotatable bonds is 2. The maximum absolute atomic E-state index is 12.6. The molecular formula is C19H18N2O3. The number of hydrogen-bond donors (Lipinski definition) is 2. The Hall–Kier alpha value is -2.82. The van der Waals surface area contributed by atoms with Gasteiger partial charge in [-0.2, -0.15) is 0 Å². The monoisotopic (exact) mass is 322 g/mol. The molecule has 2 aromatic rings. The average molecular weight is 322 g/mol. The molecule has 0 radical (unpaired) electrons. The van der Waals surface area contributed by atoms with Gasteiger partial charge in [0.2, 0.25) is 5.91 Å². The lowest BCUT2D eigenvalue weighted by molar-refractivity contribution is -0.116. The average Bonchev–Trinajstić information content (AvgIpc) is 2.61. The highest BCUT2D eigenvalue weighted by molar-refractivity contribution is 5.98. The first-order chi connectivity index (χ1) is 11.7. The van der Waals surface area contributed by atoms with Crippen molar-refractivity contribution < 1.29 is 14.3 Å². The molecule has 2 N–H and O–H groups in total. The van der Waals surface area contributed by atoms with Crippen LogP contribution in [-0.2, 0) is 11.2 Å². The maximum Gasteiger partial charge on any atom is 0.251 e. The normalized spacial score (nSPS) is 18.7. The lowest BCUT2D eigenvalue weighted by atomic mass is 9.98. The van der Waals surface area contributed by atoms with Crippen LogP contribution in [0.5, 0.6) is 5.75 Å². The van der Waals surface area contributed by atoms with Crippen LogP contribution in [0.15, 0.2) is 42.5 Å². The van der Waals surface area contributed by atoms with Gasteiger partial charge >= 0.3 is 0 Å². The van der Waals surface area contributed by atoms with E-state index in [-0.39, 0.29) is 17.9 Å². The van der Waals surface area contributed by atoms with E-state index in [1.54, 1.807) is 12.1 Å². The lowest BCUT2D eigenvalue weighted by Crippen LogP contribution is -2.32. The number of carbonyl (C=O) groups is 2. The quantitative estimate of drug-likeness (QED) is 0.893. The van der Waals surface area contributed by atoms with Gasteiger partial charge in [0, 0.05) is 29.7 Å². The van der Waals surface area contributed by atoms with E-state index in [1.807, 2.05) is 30.3 Å². The molecule has 2 aromatic carbocycles. The zero-order valence-electron chi connectivity index (χ0n) is 13.2. The van der Waals surface area contributed by atoms with Crippen LogP contribution in [-0.4, -0.2) is 18.4 Å². The Morgan fingerprint density at radius 2 is 2.04 bits per heavy atom. The summed E-state index contributed by atoms with van der Waals surface area (Å²) in [5.41, 5.74) is 3.45. The third-order valence-electron chi connectivity index (χ3n) is 4.53. The Kier molecular flexibility index (Phi) is 3.69. The van der Waals surface area contributed by atoms with Crippen molar-refractivity contribution in [3.8, 4) is 5.75 Å². The zero-order valence-corrected chi connectivity index (χ0v) is 13.2. The molecule has 0 saturated carbocycles. The van der Waals surface area contributed by atoms with E-state index in [4.69, 9.17) is 4.74 Å². The molecule has 0 unspecified atom stereocenters. The summed E-state index contributed by atoms with van der Waals surface area (Å²) < 4.78 is 5.63. The molecule has 2 aliphatic heterocycles. The fourth-order valence-corrected chi connectivity index (χ4v) is 3.26. The predicted octanol–water partition coefficient (Wildman–Crippen LogP) is 2.82. The van der Waals surface area contributed by atoms with Crippen LogP contribution < -0.4 is 15.4 Å². The van der Waals surface area contributed by atoms with Gasteiger partial charge in [0.05, 0.1) is 12.6 Å². The fraction of sp³-hybridized carbons (Fsp3) is 0.263. The van der Waals surface area contributed by atoms with Crippen molar-refractivity contribution in [2.75, 3.05) is 11.9 Å². The van der Waals surface area contributed by atoms with Gasteiger partial charge in [-0.1, -0.05) is 18.2 Å². The van der Waals surface area contributed by atoms with Crippen LogP contribution in [0.3, 0.4) is 0 Å². The largest absolute Gasteiger partial charge is 0.493 e. The lowest BCUT2D eigenvalue weighted by Gasteiger charge is -2.27. The van der Waals surface area contributed by atoms with Gasteiger partial charge in [-0.25, -0.2) is 0 Å². The summed E-state index contributed by atoms with van der Waals surface area (Å²) in [6.07, 6.45) is 1.89. The topological polar surface area (TPSA) is 67.4 Å². The fourth-order valence-electron chi connectivity index (χ4n) is 3.26. The first-order valence-electron chi connectivity index (χ1n) is 8.16. The van der Waals surface area contributed by atoms with E-state index in [0.717, 1.165) is 29.0 Å². The molecule has 2 aliphatic rings. The van der Waals surface area contributed by atoms with Crippen LogP contribution in [0.25, 0.3) is 0 Å². The molecule has 1 atom stereocenters. The van der Waals surface area contributed by atoms with Crippen molar-refractivity contribution in [2.24, 2.45) is 0 Å². The molecule has 0 aromatic heterocycles. The maximum atomic E-state index is 12.6. The summed E-state index contributed by atoms with van der Waals surface area (Å²) in [5, 5.41) is 5.93. The van der Waals surface area contributed by atoms with Crippen LogP contribution >= 0.6 is 0 Å². The van der Waals surface area contributed by atoms with E-state index in [1.165, 1.54) is 0 Å². The van der Waals surface area contributed by atoms with Gasteiger partial charge in [-0.15, -0.1) is 0 Å². The van der Waals surface area contributed by atoms with Crippen molar-refractivity contribution >= 4 is 17.5 Å². The zero-order chi connectivity index (χ0) is 16.5. The first-order valence-corrected chi connectivity index (χ1v) is 8.16. The number of benzene rings is 2. The van der Waals surface area contributed by atoms with Crippen LogP contribution in [0, 0.1) is 0 Å². The number of carbonyl (C=O) groups excluding carboxylic acids is 2. The molecule has 0 fully saturated rings. The van der Waals surface area contributed by atoms with Gasteiger partial charge in [-0.05, 0) is 36.2 Å². The van der Waals surface area contributed by atoms with Crippen molar-refractivity contribution in [1.82, 2.24) is 5.32 Å². The molecule has 2 heterocycles. The minimum atomic E-state index is -0.101. The van der Waals surface area contributed by atoms with Crippen molar-refractivity contribution in [3.05, 3.63) is 59.2 Å². The molecule has 0 bridgehead atoms. The van der Waals surface area contributed by atoms with Crippen molar-refractivity contribution in [1.29, 1.82) is 0 Å². The van der Waals surface area contributed by atoms with Crippen molar-refractivity contribution in [3.63, 3.8) is 0 Å². The summed E-state index contributed by atoms with van der Waals surface area (Å²) in [7, 11) is 0. The number of nitrogens with one attached hydrogen (secondary N) is 2. The van der Waals surface area contributed by atoms with Crippen molar-refractivity contribution in [2.45, 2.75) is 25.3 Å². The third kappa shape index (κ3) is 2.73. The van der Waals surface area contributed by atoms with E-state index in [2.05, 4.69) is 10.6 Å². The number of anilines is 1. The van der Waals surface area contributed by atoms with Gasteiger partial charge in [0.1, 0.15) is 5.75 Å². The second-order valence-electron chi connectivity index (χ2n) is 6.12. The molecule has 0 spiro atoms. The molecule has 2 amide bonds.